The fraction of sp³-hybridized carbons (Fsp3) is 0.176. The highest BCUT2D eigenvalue weighted by molar-refractivity contribution is 14.1. The Kier molecular flexibility index (Phi) is 7.24. The first-order valence-corrected chi connectivity index (χ1v) is 10.4. The van der Waals surface area contributed by atoms with Gasteiger partial charge in [-0.3, -0.25) is 4.55 Å². The minimum atomic E-state index is -5.26. The fourth-order valence-corrected chi connectivity index (χ4v) is 3.08. The van der Waals surface area contributed by atoms with E-state index < -0.39 is 45.7 Å². The maximum Gasteiger partial charge on any atom is 0.426 e. The van der Waals surface area contributed by atoms with E-state index in [2.05, 4.69) is 4.74 Å². The largest absolute Gasteiger partial charge is 0.448 e. The third kappa shape index (κ3) is 6.97. The molecule has 12 heteroatoms. The van der Waals surface area contributed by atoms with Crippen molar-refractivity contribution in [1.82, 2.24) is 0 Å². The van der Waals surface area contributed by atoms with Gasteiger partial charge in [-0.1, -0.05) is 12.1 Å². The van der Waals surface area contributed by atoms with Crippen LogP contribution in [-0.2, 0) is 14.9 Å². The fourth-order valence-electron chi connectivity index (χ4n) is 2.08. The van der Waals surface area contributed by atoms with Gasteiger partial charge < -0.3 is 9.47 Å². The van der Waals surface area contributed by atoms with Crippen LogP contribution in [0.5, 0.6) is 5.75 Å². The summed E-state index contributed by atoms with van der Waals surface area (Å²) in [6.45, 7) is 0. The first kappa shape index (κ1) is 23.1. The number of hydrogen-bond donors (Lipinski definition) is 1. The molecular weight excluding hydrogens is 532 g/mol. The molecule has 0 bridgehead atoms. The smallest absolute Gasteiger partial charge is 0.426 e. The first-order valence-electron chi connectivity index (χ1n) is 7.66. The molecule has 0 saturated heterocycles. The van der Waals surface area contributed by atoms with E-state index >= 15 is 0 Å². The highest BCUT2D eigenvalue weighted by atomic mass is 127. The lowest BCUT2D eigenvalue weighted by atomic mass is 10.1. The zero-order chi connectivity index (χ0) is 21.8. The summed E-state index contributed by atoms with van der Waals surface area (Å²) >= 11 is 2.03. The molecule has 2 rings (SSSR count). The Morgan fingerprint density at radius 3 is 2.00 bits per heavy atom. The van der Waals surface area contributed by atoms with Crippen molar-refractivity contribution in [2.45, 2.75) is 12.3 Å². The van der Waals surface area contributed by atoms with Gasteiger partial charge >= 0.3 is 18.1 Å². The summed E-state index contributed by atoms with van der Waals surface area (Å²) < 4.78 is 79.3. The predicted octanol–water partition coefficient (Wildman–Crippen LogP) is 3.49. The van der Waals surface area contributed by atoms with Crippen LogP contribution in [0.25, 0.3) is 0 Å². The number of halogens is 4. The molecule has 1 N–H and O–H groups in total. The molecule has 0 spiro atoms. The van der Waals surface area contributed by atoms with Gasteiger partial charge in [-0.2, -0.15) is 21.6 Å². The molecule has 29 heavy (non-hydrogen) atoms. The van der Waals surface area contributed by atoms with Gasteiger partial charge in [-0.15, -0.1) is 0 Å². The van der Waals surface area contributed by atoms with E-state index in [1.54, 1.807) is 12.1 Å². The first-order chi connectivity index (χ1) is 13.4. The Morgan fingerprint density at radius 2 is 1.52 bits per heavy atom. The monoisotopic (exact) mass is 544 g/mol. The van der Waals surface area contributed by atoms with E-state index in [0.717, 1.165) is 15.7 Å². The summed E-state index contributed by atoms with van der Waals surface area (Å²) in [6, 6.07) is 11.0. The molecule has 0 aliphatic carbocycles. The van der Waals surface area contributed by atoms with Crippen LogP contribution in [0.1, 0.15) is 20.7 Å². The molecule has 1 unspecified atom stereocenters. The van der Waals surface area contributed by atoms with E-state index in [1.165, 1.54) is 24.3 Å². The van der Waals surface area contributed by atoms with Crippen LogP contribution in [0.3, 0.4) is 0 Å². The second kappa shape index (κ2) is 9.09. The van der Waals surface area contributed by atoms with Crippen LogP contribution < -0.4 is 4.74 Å². The molecule has 0 fully saturated rings. The molecule has 0 heterocycles. The lowest BCUT2D eigenvalue weighted by Gasteiger charge is -2.20. The maximum atomic E-state index is 13.0. The molecule has 0 aliphatic rings. The lowest BCUT2D eigenvalue weighted by Crippen LogP contribution is -2.39. The SMILES string of the molecule is O=C(Oc1ccc(I)cc1)c1ccccc1C(=O)OC(CS(=O)(=O)O)C(F)(F)F. The van der Waals surface area contributed by atoms with Crippen LogP contribution in [0.4, 0.5) is 13.2 Å². The van der Waals surface area contributed by atoms with Crippen LogP contribution in [0.2, 0.25) is 0 Å². The Labute approximate surface area is 176 Å². The molecule has 2 aromatic rings. The Hall–Kier alpha value is -2.19. The van der Waals surface area contributed by atoms with Gasteiger partial charge in [-0.25, -0.2) is 9.59 Å². The van der Waals surface area contributed by atoms with Crippen LogP contribution >= 0.6 is 22.6 Å². The summed E-state index contributed by atoms with van der Waals surface area (Å²) in [5.41, 5.74) is -0.948. The third-order valence-electron chi connectivity index (χ3n) is 3.37. The van der Waals surface area contributed by atoms with Crippen molar-refractivity contribution in [3.63, 3.8) is 0 Å². The molecule has 0 saturated carbocycles. The van der Waals surface area contributed by atoms with E-state index in [4.69, 9.17) is 9.29 Å². The summed E-state index contributed by atoms with van der Waals surface area (Å²) in [4.78, 5) is 24.5. The maximum absolute atomic E-state index is 13.0. The number of benzene rings is 2. The van der Waals surface area contributed by atoms with E-state index in [-0.39, 0.29) is 11.3 Å². The number of carbonyl (C=O) groups is 2. The van der Waals surface area contributed by atoms with Crippen molar-refractivity contribution >= 4 is 44.6 Å². The number of hydrogen-bond acceptors (Lipinski definition) is 6. The topological polar surface area (TPSA) is 107 Å². The van der Waals surface area contributed by atoms with Gasteiger partial charge in [0.05, 0.1) is 11.1 Å². The quantitative estimate of drug-likeness (QED) is 0.257. The molecule has 0 aliphatic heterocycles. The van der Waals surface area contributed by atoms with Gasteiger partial charge in [-0.05, 0) is 59.0 Å². The Balaban J connectivity index is 2.27. The highest BCUT2D eigenvalue weighted by Crippen LogP contribution is 2.26. The zero-order valence-corrected chi connectivity index (χ0v) is 17.2. The van der Waals surface area contributed by atoms with Crippen molar-refractivity contribution in [1.29, 1.82) is 0 Å². The van der Waals surface area contributed by atoms with Crippen molar-refractivity contribution < 1.29 is 45.2 Å². The zero-order valence-electron chi connectivity index (χ0n) is 14.2. The number of ether oxygens (including phenoxy) is 2. The van der Waals surface area contributed by atoms with Crippen molar-refractivity contribution in [3.8, 4) is 5.75 Å². The summed E-state index contributed by atoms with van der Waals surface area (Å²) in [7, 11) is -5.09. The predicted molar refractivity (Wildman–Crippen MR) is 102 cm³/mol. The molecule has 156 valence electrons. The molecule has 0 aromatic heterocycles. The summed E-state index contributed by atoms with van der Waals surface area (Å²) in [6.07, 6.45) is -8.38. The van der Waals surface area contributed by atoms with Crippen molar-refractivity contribution in [2.24, 2.45) is 0 Å². The lowest BCUT2D eigenvalue weighted by molar-refractivity contribution is -0.197. The van der Waals surface area contributed by atoms with E-state index in [1.807, 2.05) is 22.6 Å². The van der Waals surface area contributed by atoms with E-state index in [0.29, 0.717) is 0 Å². The van der Waals surface area contributed by atoms with Crippen molar-refractivity contribution in [3.05, 3.63) is 63.2 Å². The molecule has 0 amide bonds. The van der Waals surface area contributed by atoms with Gasteiger partial charge in [0.15, 0.2) is 0 Å². The van der Waals surface area contributed by atoms with Gasteiger partial charge in [0.2, 0.25) is 6.10 Å². The Morgan fingerprint density at radius 1 is 1.00 bits per heavy atom. The van der Waals surface area contributed by atoms with Gasteiger partial charge in [0.25, 0.3) is 10.1 Å². The number of carbonyl (C=O) groups excluding carboxylic acids is 2. The molecule has 2 aromatic carbocycles. The second-order valence-electron chi connectivity index (χ2n) is 5.57. The normalized spacial score (nSPS) is 12.9. The number of rotatable bonds is 6. The van der Waals surface area contributed by atoms with E-state index in [9.17, 15) is 31.2 Å². The molecule has 1 atom stereocenters. The number of alkyl halides is 3. The third-order valence-corrected chi connectivity index (χ3v) is 4.81. The van der Waals surface area contributed by atoms with Crippen molar-refractivity contribution in [2.75, 3.05) is 5.75 Å². The average molecular weight is 544 g/mol. The summed E-state index contributed by atoms with van der Waals surface area (Å²) in [5.74, 6) is -4.38. The van der Waals surface area contributed by atoms with Crippen LogP contribution in [-0.4, -0.2) is 42.9 Å². The number of esters is 2. The average Bonchev–Trinajstić information content (AvgIpc) is 2.61. The summed E-state index contributed by atoms with van der Waals surface area (Å²) in [5, 5.41) is 0. The second-order valence-corrected chi connectivity index (χ2v) is 8.32. The van der Waals surface area contributed by atoms with Gasteiger partial charge in [0.1, 0.15) is 11.5 Å². The van der Waals surface area contributed by atoms with Gasteiger partial charge in [0, 0.05) is 3.57 Å². The standard InChI is InChI=1S/C17H12F3IO7S/c18-17(19,20)14(9-29(24,25)26)28-16(23)13-4-2-1-3-12(13)15(22)27-11-7-5-10(21)6-8-11/h1-8,14H,9H2,(H,24,25,26). The molecular formula is C17H12F3IO7S. The minimum absolute atomic E-state index is 0.137. The minimum Gasteiger partial charge on any atom is -0.448 e. The highest BCUT2D eigenvalue weighted by Gasteiger charge is 2.45. The molecule has 0 radical (unpaired) electrons. The van der Waals surface area contributed by atoms with Crippen LogP contribution in [0.15, 0.2) is 48.5 Å². The van der Waals surface area contributed by atoms with Crippen LogP contribution in [0, 0.1) is 3.57 Å². The molecule has 7 nitrogen and oxygen atoms in total. The Bertz CT molecular complexity index is 1000.